The molecule has 0 saturated carbocycles. The topological polar surface area (TPSA) is 116 Å². The minimum atomic E-state index is -1.10. The van der Waals surface area contributed by atoms with Crippen LogP contribution in [0.5, 0.6) is 0 Å². The number of nitrogens with one attached hydrogen (secondary N) is 1. The minimum Gasteiger partial charge on any atom is -0.477 e. The Morgan fingerprint density at radius 1 is 1.57 bits per heavy atom. The molecule has 1 atom stereocenters. The number of rotatable bonds is 4. The molecule has 2 aliphatic heterocycles. The normalized spacial score (nSPS) is 21.0. The molecule has 0 radical (unpaired) electrons. The van der Waals surface area contributed by atoms with Crippen molar-refractivity contribution in [2.24, 2.45) is 0 Å². The molecule has 21 heavy (non-hydrogen) atoms. The van der Waals surface area contributed by atoms with Gasteiger partial charge in [0.15, 0.2) is 5.16 Å². The van der Waals surface area contributed by atoms with Gasteiger partial charge in [-0.2, -0.15) is 5.10 Å². The Kier molecular flexibility index (Phi) is 3.72. The second kappa shape index (κ2) is 5.53. The third kappa shape index (κ3) is 2.68. The molecular weight excluding hydrogens is 316 g/mol. The number of hydrogen-bond acceptors (Lipinski definition) is 7. The van der Waals surface area contributed by atoms with Crippen LogP contribution in [0.15, 0.2) is 27.4 Å². The molecule has 0 aromatic carbocycles. The molecule has 10 heteroatoms. The van der Waals surface area contributed by atoms with E-state index < -0.39 is 5.97 Å². The predicted molar refractivity (Wildman–Crippen MR) is 75.7 cm³/mol. The van der Waals surface area contributed by atoms with Gasteiger partial charge in [0.1, 0.15) is 11.9 Å². The van der Waals surface area contributed by atoms with Crippen LogP contribution >= 0.6 is 23.5 Å². The van der Waals surface area contributed by atoms with Crippen LogP contribution in [0.1, 0.15) is 6.42 Å². The maximum atomic E-state index is 11.6. The van der Waals surface area contributed by atoms with Crippen molar-refractivity contribution in [2.75, 3.05) is 11.5 Å². The molecule has 2 aliphatic rings. The highest BCUT2D eigenvalue weighted by molar-refractivity contribution is 8.00. The number of aromatic nitrogens is 3. The highest BCUT2D eigenvalue weighted by Gasteiger charge is 2.45. The predicted octanol–water partition coefficient (Wildman–Crippen LogP) is -0.0991. The zero-order valence-corrected chi connectivity index (χ0v) is 12.2. The van der Waals surface area contributed by atoms with Gasteiger partial charge in [-0.3, -0.25) is 19.5 Å². The molecule has 0 spiro atoms. The van der Waals surface area contributed by atoms with Crippen LogP contribution in [0.2, 0.25) is 0 Å². The van der Waals surface area contributed by atoms with Crippen molar-refractivity contribution in [3.8, 4) is 0 Å². The highest BCUT2D eigenvalue weighted by Crippen LogP contribution is 2.40. The monoisotopic (exact) mass is 326 g/mol. The van der Waals surface area contributed by atoms with Gasteiger partial charge in [0.2, 0.25) is 5.91 Å². The maximum Gasteiger partial charge on any atom is 0.352 e. The molecule has 1 amide bonds. The molecule has 1 fully saturated rings. The molecule has 1 aromatic rings. The molecule has 0 bridgehead atoms. The van der Waals surface area contributed by atoms with E-state index in [9.17, 15) is 19.5 Å². The number of thioether (sulfide) groups is 2. The highest BCUT2D eigenvalue weighted by atomic mass is 32.2. The van der Waals surface area contributed by atoms with E-state index in [1.165, 1.54) is 16.7 Å². The largest absolute Gasteiger partial charge is 0.477 e. The number of fused-ring (bicyclic) bond motifs is 1. The van der Waals surface area contributed by atoms with Crippen LogP contribution in [0.25, 0.3) is 0 Å². The lowest BCUT2D eigenvalue weighted by Gasteiger charge is -2.43. The van der Waals surface area contributed by atoms with E-state index in [-0.39, 0.29) is 22.5 Å². The summed E-state index contributed by atoms with van der Waals surface area (Å²) in [5.74, 6) is -0.385. The van der Waals surface area contributed by atoms with E-state index in [2.05, 4.69) is 15.2 Å². The second-order valence-corrected chi connectivity index (χ2v) is 6.55. The van der Waals surface area contributed by atoms with Gasteiger partial charge >= 0.3 is 5.97 Å². The lowest BCUT2D eigenvalue weighted by atomic mass is 10.1. The van der Waals surface area contributed by atoms with Gasteiger partial charge in [0.05, 0.1) is 11.8 Å². The van der Waals surface area contributed by atoms with Crippen molar-refractivity contribution in [1.29, 1.82) is 0 Å². The molecule has 3 rings (SSSR count). The summed E-state index contributed by atoms with van der Waals surface area (Å²) in [6, 6.07) is 0. The number of aliphatic carboxylic acids is 1. The van der Waals surface area contributed by atoms with E-state index >= 15 is 0 Å². The van der Waals surface area contributed by atoms with Crippen molar-refractivity contribution < 1.29 is 14.7 Å². The van der Waals surface area contributed by atoms with Gasteiger partial charge < -0.3 is 5.11 Å². The number of H-pyrrole nitrogens is 1. The fourth-order valence-electron chi connectivity index (χ4n) is 2.11. The maximum absolute atomic E-state index is 11.6. The molecule has 8 nitrogen and oxygen atoms in total. The number of carboxylic acid groups (broad SMARTS) is 1. The van der Waals surface area contributed by atoms with E-state index in [0.29, 0.717) is 28.7 Å². The molecule has 1 saturated heterocycles. The first-order chi connectivity index (χ1) is 10.1. The van der Waals surface area contributed by atoms with Crippen LogP contribution in [0.4, 0.5) is 0 Å². The lowest BCUT2D eigenvalue weighted by molar-refractivity contribution is -0.146. The van der Waals surface area contributed by atoms with Crippen molar-refractivity contribution in [2.45, 2.75) is 17.0 Å². The van der Waals surface area contributed by atoms with E-state index in [1.807, 2.05) is 0 Å². The molecule has 3 heterocycles. The zero-order chi connectivity index (χ0) is 15.0. The van der Waals surface area contributed by atoms with Crippen LogP contribution in [0, 0.1) is 0 Å². The molecule has 0 unspecified atom stereocenters. The molecule has 2 N–H and O–H groups in total. The van der Waals surface area contributed by atoms with E-state index in [0.717, 1.165) is 6.20 Å². The Bertz CT molecular complexity index is 701. The fourth-order valence-corrected chi connectivity index (χ4v) is 4.33. The summed E-state index contributed by atoms with van der Waals surface area (Å²) in [5.41, 5.74) is 0.345. The number of amides is 1. The Morgan fingerprint density at radius 3 is 3.05 bits per heavy atom. The van der Waals surface area contributed by atoms with Gasteiger partial charge in [-0.25, -0.2) is 4.79 Å². The van der Waals surface area contributed by atoms with Gasteiger partial charge in [-0.1, -0.05) is 11.8 Å². The number of nitrogens with zero attached hydrogens (tertiary/aromatic N) is 3. The Hall–Kier alpha value is -1.81. The van der Waals surface area contributed by atoms with Crippen LogP contribution in [-0.4, -0.2) is 53.9 Å². The van der Waals surface area contributed by atoms with Gasteiger partial charge in [0, 0.05) is 11.5 Å². The summed E-state index contributed by atoms with van der Waals surface area (Å²) in [7, 11) is 0. The second-order valence-electron chi connectivity index (χ2n) is 4.42. The van der Waals surface area contributed by atoms with Gasteiger partial charge in [-0.05, 0) is 5.57 Å². The first-order valence-corrected chi connectivity index (χ1v) is 8.03. The van der Waals surface area contributed by atoms with Crippen LogP contribution in [0.3, 0.4) is 0 Å². The quantitative estimate of drug-likeness (QED) is 0.582. The number of hydrogen-bond donors (Lipinski definition) is 2. The SMILES string of the molecule is O=C(O)C1=C(CSc2nncc(=O)[nH]2)CS[C@@H]2CC(=O)N12. The fraction of sp³-hybridized carbons (Fsp3) is 0.364. The molecule has 1 aromatic heterocycles. The first kappa shape index (κ1) is 14.1. The van der Waals surface area contributed by atoms with Crippen LogP contribution in [-0.2, 0) is 9.59 Å². The average molecular weight is 326 g/mol. The van der Waals surface area contributed by atoms with Gasteiger partial charge in [-0.15, -0.1) is 16.9 Å². The number of aromatic amines is 1. The third-order valence-electron chi connectivity index (χ3n) is 3.07. The molecule has 0 aliphatic carbocycles. The Morgan fingerprint density at radius 2 is 2.38 bits per heavy atom. The standard InChI is InChI=1S/C11H10N4O4S2/c16-6-2-12-14-11(13-6)21-4-5-3-20-8-1-7(17)15(8)9(5)10(18)19/h2,8H,1,3-4H2,(H,18,19)(H,13,14,16)/t8-/m1/s1. The third-order valence-corrected chi connectivity index (χ3v) is 5.30. The number of carboxylic acids is 1. The zero-order valence-electron chi connectivity index (χ0n) is 10.6. The Balaban J connectivity index is 1.81. The lowest BCUT2D eigenvalue weighted by Crippen LogP contribution is -2.54. The summed E-state index contributed by atoms with van der Waals surface area (Å²) in [6.07, 6.45) is 1.45. The average Bonchev–Trinajstić information content (AvgIpc) is 2.44. The van der Waals surface area contributed by atoms with E-state index in [4.69, 9.17) is 0 Å². The van der Waals surface area contributed by atoms with Gasteiger partial charge in [0.25, 0.3) is 5.56 Å². The van der Waals surface area contributed by atoms with Crippen LogP contribution < -0.4 is 5.56 Å². The first-order valence-electron chi connectivity index (χ1n) is 6.00. The number of carbonyl (C=O) groups excluding carboxylic acids is 1. The summed E-state index contributed by atoms with van der Waals surface area (Å²) in [4.78, 5) is 38.0. The number of carbonyl (C=O) groups is 2. The van der Waals surface area contributed by atoms with Crippen molar-refractivity contribution in [3.63, 3.8) is 0 Å². The molecular formula is C11H10N4O4S2. The van der Waals surface area contributed by atoms with Crippen molar-refractivity contribution in [1.82, 2.24) is 20.1 Å². The molecule has 110 valence electrons. The summed E-state index contributed by atoms with van der Waals surface area (Å²) in [5, 5.41) is 16.9. The summed E-state index contributed by atoms with van der Waals surface area (Å²) in [6.45, 7) is 0. The number of β-lactam (4-membered cyclic amide) rings is 1. The smallest absolute Gasteiger partial charge is 0.352 e. The summed E-state index contributed by atoms with van der Waals surface area (Å²) < 4.78 is 0. The minimum absolute atomic E-state index is 0.0614. The van der Waals surface area contributed by atoms with E-state index in [1.54, 1.807) is 11.8 Å². The Labute approximate surface area is 127 Å². The van der Waals surface area contributed by atoms with Crippen molar-refractivity contribution in [3.05, 3.63) is 27.8 Å². The van der Waals surface area contributed by atoms with Crippen molar-refractivity contribution >= 4 is 35.4 Å². The summed E-state index contributed by atoms with van der Waals surface area (Å²) >= 11 is 2.74.